The van der Waals surface area contributed by atoms with Gasteiger partial charge in [0.05, 0.1) is 19.8 Å². The Hall–Kier alpha value is -2.90. The van der Waals surface area contributed by atoms with Gasteiger partial charge in [0.1, 0.15) is 11.6 Å². The van der Waals surface area contributed by atoms with Gasteiger partial charge >= 0.3 is 0 Å². The molecule has 1 aromatic heterocycles. The fourth-order valence-electron chi connectivity index (χ4n) is 5.70. The van der Waals surface area contributed by atoms with Crippen molar-refractivity contribution in [3.8, 4) is 5.75 Å². The van der Waals surface area contributed by atoms with Crippen LogP contribution in [0.15, 0.2) is 42.5 Å². The van der Waals surface area contributed by atoms with Crippen LogP contribution in [0, 0.1) is 11.7 Å². The fraction of sp³-hybridized carbons (Fsp3) is 0.483. The molecule has 2 aliphatic rings. The first-order valence-corrected chi connectivity index (χ1v) is 13.1. The number of carbonyl (C=O) groups excluding carboxylic acids is 1. The summed E-state index contributed by atoms with van der Waals surface area (Å²) in [6, 6.07) is 12.5. The Morgan fingerprint density at radius 1 is 1.17 bits per heavy atom. The van der Waals surface area contributed by atoms with E-state index >= 15 is 0 Å². The van der Waals surface area contributed by atoms with Crippen molar-refractivity contribution >= 4 is 16.8 Å². The minimum atomic E-state index is -0.332. The molecule has 1 unspecified atom stereocenters. The number of hydrogen-bond donors (Lipinski definition) is 2. The SMILES string of the molecule is COc1ccc2c3c([nH]c2c1)C(CO)N(Cc1ccccc1F)[C@H](C)CCN(C(=O)C1CCC1)CC3. The highest BCUT2D eigenvalue weighted by molar-refractivity contribution is 5.86. The first kappa shape index (κ1) is 24.8. The molecule has 1 aliphatic heterocycles. The number of amides is 1. The zero-order chi connectivity index (χ0) is 25.2. The Labute approximate surface area is 212 Å². The van der Waals surface area contributed by atoms with E-state index in [1.165, 1.54) is 6.07 Å². The molecule has 2 heterocycles. The molecule has 192 valence electrons. The summed E-state index contributed by atoms with van der Waals surface area (Å²) in [6.07, 6.45) is 4.54. The number of nitrogens with zero attached hydrogens (tertiary/aromatic N) is 2. The van der Waals surface area contributed by atoms with Gasteiger partial charge in [-0.15, -0.1) is 0 Å². The van der Waals surface area contributed by atoms with Crippen molar-refractivity contribution in [2.24, 2.45) is 5.92 Å². The third-order valence-electron chi connectivity index (χ3n) is 8.14. The van der Waals surface area contributed by atoms with Gasteiger partial charge in [-0.3, -0.25) is 9.69 Å². The molecule has 0 saturated heterocycles. The molecule has 7 heteroatoms. The fourth-order valence-corrected chi connectivity index (χ4v) is 5.70. The van der Waals surface area contributed by atoms with E-state index in [1.54, 1.807) is 19.2 Å². The van der Waals surface area contributed by atoms with Crippen molar-refractivity contribution in [1.82, 2.24) is 14.8 Å². The van der Waals surface area contributed by atoms with Crippen LogP contribution in [0.4, 0.5) is 4.39 Å². The lowest BCUT2D eigenvalue weighted by Crippen LogP contribution is -2.45. The van der Waals surface area contributed by atoms with E-state index in [2.05, 4.69) is 16.8 Å². The Bertz CT molecular complexity index is 1220. The van der Waals surface area contributed by atoms with Crippen LogP contribution in [-0.4, -0.2) is 58.6 Å². The normalized spacial score (nSPS) is 21.7. The Morgan fingerprint density at radius 2 is 1.97 bits per heavy atom. The summed E-state index contributed by atoms with van der Waals surface area (Å²) in [5.74, 6) is 0.915. The zero-order valence-corrected chi connectivity index (χ0v) is 21.2. The van der Waals surface area contributed by atoms with Crippen LogP contribution >= 0.6 is 0 Å². The number of aliphatic hydroxyl groups excluding tert-OH is 1. The molecule has 3 aromatic rings. The third-order valence-corrected chi connectivity index (χ3v) is 8.14. The maximum atomic E-state index is 14.7. The molecule has 1 amide bonds. The summed E-state index contributed by atoms with van der Waals surface area (Å²) < 4.78 is 20.2. The molecule has 6 nitrogen and oxygen atoms in total. The number of aliphatic hydroxyl groups is 1. The molecule has 0 bridgehead atoms. The van der Waals surface area contributed by atoms with Crippen molar-refractivity contribution in [2.45, 2.75) is 57.7 Å². The number of halogens is 1. The van der Waals surface area contributed by atoms with Crippen molar-refractivity contribution in [3.05, 3.63) is 65.1 Å². The molecule has 1 aliphatic carbocycles. The number of fused-ring (bicyclic) bond motifs is 3. The summed E-state index contributed by atoms with van der Waals surface area (Å²) >= 11 is 0. The van der Waals surface area contributed by atoms with Crippen LogP contribution in [0.2, 0.25) is 0 Å². The van der Waals surface area contributed by atoms with Crippen molar-refractivity contribution in [3.63, 3.8) is 0 Å². The number of carbonyl (C=O) groups is 1. The third kappa shape index (κ3) is 4.74. The lowest BCUT2D eigenvalue weighted by atomic mass is 9.84. The summed E-state index contributed by atoms with van der Waals surface area (Å²) in [7, 11) is 1.65. The Morgan fingerprint density at radius 3 is 2.67 bits per heavy atom. The average Bonchev–Trinajstić information content (AvgIpc) is 3.20. The molecule has 5 rings (SSSR count). The summed E-state index contributed by atoms with van der Waals surface area (Å²) in [5.41, 5.74) is 3.57. The highest BCUT2D eigenvalue weighted by atomic mass is 19.1. The summed E-state index contributed by atoms with van der Waals surface area (Å²) in [5, 5.41) is 11.8. The highest BCUT2D eigenvalue weighted by Crippen LogP contribution is 2.36. The smallest absolute Gasteiger partial charge is 0.225 e. The first-order valence-electron chi connectivity index (χ1n) is 13.1. The maximum Gasteiger partial charge on any atom is 0.225 e. The van der Waals surface area contributed by atoms with E-state index in [-0.39, 0.29) is 36.3 Å². The standard InChI is InChI=1S/C29H36FN3O3/c1-19-12-14-32(29(35)20-7-5-8-20)15-13-24-23-11-10-22(36-2)16-26(23)31-28(24)27(18-34)33(19)17-21-6-3-4-9-25(21)30/h3-4,6,9-11,16,19-20,27,31,34H,5,7-8,12-15,17-18H2,1-2H3/t19-,27?/m1/s1. The van der Waals surface area contributed by atoms with Gasteiger partial charge in [-0.1, -0.05) is 24.6 Å². The predicted octanol–water partition coefficient (Wildman–Crippen LogP) is 4.81. The zero-order valence-electron chi connectivity index (χ0n) is 21.2. The van der Waals surface area contributed by atoms with Gasteiger partial charge in [0.2, 0.25) is 5.91 Å². The maximum absolute atomic E-state index is 14.7. The predicted molar refractivity (Wildman–Crippen MR) is 138 cm³/mol. The summed E-state index contributed by atoms with van der Waals surface area (Å²) in [6.45, 7) is 3.70. The van der Waals surface area contributed by atoms with Gasteiger partial charge < -0.3 is 19.7 Å². The minimum absolute atomic E-state index is 0.0188. The van der Waals surface area contributed by atoms with Gasteiger partial charge in [-0.05, 0) is 56.4 Å². The summed E-state index contributed by atoms with van der Waals surface area (Å²) in [4.78, 5) is 21.1. The van der Waals surface area contributed by atoms with Crippen molar-refractivity contribution in [1.29, 1.82) is 0 Å². The van der Waals surface area contributed by atoms with E-state index in [4.69, 9.17) is 4.74 Å². The van der Waals surface area contributed by atoms with E-state index in [1.807, 2.05) is 29.2 Å². The second-order valence-corrected chi connectivity index (χ2v) is 10.2. The number of nitrogens with one attached hydrogen (secondary N) is 1. The number of hydrogen-bond acceptors (Lipinski definition) is 4. The largest absolute Gasteiger partial charge is 0.497 e. The van der Waals surface area contributed by atoms with Crippen LogP contribution in [0.3, 0.4) is 0 Å². The number of benzene rings is 2. The number of aromatic amines is 1. The molecular weight excluding hydrogens is 457 g/mol. The average molecular weight is 494 g/mol. The number of aromatic nitrogens is 1. The molecule has 1 saturated carbocycles. The topological polar surface area (TPSA) is 68.8 Å². The van der Waals surface area contributed by atoms with Gasteiger partial charge in [0.15, 0.2) is 0 Å². The molecule has 1 fully saturated rings. The van der Waals surface area contributed by atoms with E-state index in [0.717, 1.165) is 53.6 Å². The van der Waals surface area contributed by atoms with E-state index in [9.17, 15) is 14.3 Å². The molecule has 36 heavy (non-hydrogen) atoms. The van der Waals surface area contributed by atoms with Crippen LogP contribution in [0.5, 0.6) is 5.75 Å². The van der Waals surface area contributed by atoms with Gasteiger partial charge in [-0.25, -0.2) is 4.39 Å². The van der Waals surface area contributed by atoms with Crippen LogP contribution in [0.1, 0.15) is 55.5 Å². The highest BCUT2D eigenvalue weighted by Gasteiger charge is 2.34. The lowest BCUT2D eigenvalue weighted by molar-refractivity contribution is -0.138. The van der Waals surface area contributed by atoms with E-state index in [0.29, 0.717) is 31.6 Å². The Kier molecular flexibility index (Phi) is 7.30. The second kappa shape index (κ2) is 10.6. The Balaban J connectivity index is 1.58. The van der Waals surface area contributed by atoms with Gasteiger partial charge in [-0.2, -0.15) is 0 Å². The second-order valence-electron chi connectivity index (χ2n) is 10.2. The monoisotopic (exact) mass is 493 g/mol. The van der Waals surface area contributed by atoms with E-state index < -0.39 is 0 Å². The number of rotatable bonds is 5. The quantitative estimate of drug-likeness (QED) is 0.535. The lowest BCUT2D eigenvalue weighted by Gasteiger charge is -2.39. The van der Waals surface area contributed by atoms with Gasteiger partial charge in [0, 0.05) is 59.8 Å². The van der Waals surface area contributed by atoms with Gasteiger partial charge in [0.25, 0.3) is 0 Å². The van der Waals surface area contributed by atoms with Crippen molar-refractivity contribution < 1.29 is 19.0 Å². The molecular formula is C29H36FN3O3. The van der Waals surface area contributed by atoms with Crippen LogP contribution in [-0.2, 0) is 17.8 Å². The molecule has 0 spiro atoms. The van der Waals surface area contributed by atoms with Crippen LogP contribution in [0.25, 0.3) is 10.9 Å². The minimum Gasteiger partial charge on any atom is -0.497 e. The number of H-pyrrole nitrogens is 1. The van der Waals surface area contributed by atoms with Crippen LogP contribution < -0.4 is 4.74 Å². The number of ether oxygens (including phenoxy) is 1. The number of methoxy groups -OCH3 is 1. The van der Waals surface area contributed by atoms with Crippen molar-refractivity contribution in [2.75, 3.05) is 26.8 Å². The first-order chi connectivity index (χ1) is 17.5. The molecule has 0 radical (unpaired) electrons. The molecule has 2 aromatic carbocycles. The molecule has 2 atom stereocenters. The molecule has 2 N–H and O–H groups in total.